The maximum absolute atomic E-state index is 5.02. The van der Waals surface area contributed by atoms with Gasteiger partial charge in [-0.3, -0.25) is 0 Å². The van der Waals surface area contributed by atoms with Gasteiger partial charge in [-0.15, -0.1) is 0 Å². The molecule has 0 aliphatic rings. The van der Waals surface area contributed by atoms with Crippen LogP contribution in [0.2, 0.25) is 0 Å². The van der Waals surface area contributed by atoms with E-state index in [9.17, 15) is 0 Å². The summed E-state index contributed by atoms with van der Waals surface area (Å²) >= 11 is 4.85. The molecule has 55 valence electrons. The predicted octanol–water partition coefficient (Wildman–Crippen LogP) is 1.93. The zero-order valence-electron chi connectivity index (χ0n) is 5.92. The molecule has 0 rings (SSSR count). The summed E-state index contributed by atoms with van der Waals surface area (Å²) in [5, 5.41) is 0. The molecule has 0 spiro atoms. The summed E-state index contributed by atoms with van der Waals surface area (Å²) in [5.74, 6) is 0. The molecule has 0 amide bonds. The lowest BCUT2D eigenvalue weighted by molar-refractivity contribution is -0.0593. The van der Waals surface area contributed by atoms with Crippen LogP contribution in [-0.2, 0) is 9.47 Å². The molecular weight excluding hydrogens is 136 g/mol. The fourth-order valence-electron chi connectivity index (χ4n) is 0.325. The molecule has 3 heteroatoms. The average Bonchev–Trinajstić information content (AvgIpc) is 1.89. The van der Waals surface area contributed by atoms with Crippen molar-refractivity contribution in [3.8, 4) is 0 Å². The van der Waals surface area contributed by atoms with Gasteiger partial charge in [0, 0.05) is 6.61 Å². The fraction of sp³-hybridized carbons (Fsp3) is 1.00. The summed E-state index contributed by atoms with van der Waals surface area (Å²) in [6.07, 6.45) is 0.863. The smallest absolute Gasteiger partial charge is 0.148 e. The van der Waals surface area contributed by atoms with E-state index in [0.717, 1.165) is 6.42 Å². The third-order valence-corrected chi connectivity index (χ3v) is 1.34. The predicted molar refractivity (Wildman–Crippen MR) is 39.2 cm³/mol. The summed E-state index contributed by atoms with van der Waals surface area (Å²) < 4.78 is 9.94. The van der Waals surface area contributed by atoms with Gasteiger partial charge in [0.05, 0.1) is 0 Å². The number of hydrogen-bond donors (Lipinski definition) is 0. The fourth-order valence-corrected chi connectivity index (χ4v) is 0.381. The molecular formula is C6H13O2S. The third kappa shape index (κ3) is 6.15. The lowest BCUT2D eigenvalue weighted by Crippen LogP contribution is -2.07. The van der Waals surface area contributed by atoms with E-state index in [4.69, 9.17) is 22.1 Å². The van der Waals surface area contributed by atoms with Crippen molar-refractivity contribution in [2.75, 3.05) is 13.4 Å². The Balaban J connectivity index is 2.88. The maximum atomic E-state index is 5.02. The molecule has 0 aliphatic heterocycles. The highest BCUT2D eigenvalue weighted by Gasteiger charge is 1.97. The first-order valence-electron chi connectivity index (χ1n) is 3.16. The largest absolute Gasteiger partial charge is 0.356 e. The van der Waals surface area contributed by atoms with Gasteiger partial charge in [-0.25, -0.2) is 0 Å². The first-order valence-corrected chi connectivity index (χ1v) is 3.63. The minimum atomic E-state index is -0.0865. The van der Waals surface area contributed by atoms with Crippen molar-refractivity contribution < 1.29 is 9.47 Å². The van der Waals surface area contributed by atoms with E-state index in [1.807, 2.05) is 13.8 Å². The second kappa shape index (κ2) is 6.39. The SMILES string of the molecule is CCOCOC([S])CC. The standard InChI is InChI=1S/C6H13O2S/c1-3-6(9)8-5-7-4-2/h6H,3-5H2,1-2H3. The van der Waals surface area contributed by atoms with E-state index in [0.29, 0.717) is 13.4 Å². The van der Waals surface area contributed by atoms with Gasteiger partial charge in [-0.2, -0.15) is 0 Å². The van der Waals surface area contributed by atoms with E-state index in [-0.39, 0.29) is 5.44 Å². The molecule has 0 heterocycles. The van der Waals surface area contributed by atoms with Crippen molar-refractivity contribution in [1.29, 1.82) is 0 Å². The highest BCUT2D eigenvalue weighted by atomic mass is 32.1. The highest BCUT2D eigenvalue weighted by Crippen LogP contribution is 2.00. The minimum absolute atomic E-state index is 0.0865. The van der Waals surface area contributed by atoms with Crippen molar-refractivity contribution in [2.45, 2.75) is 25.7 Å². The molecule has 0 aromatic heterocycles. The minimum Gasteiger partial charge on any atom is -0.356 e. The van der Waals surface area contributed by atoms with E-state index in [2.05, 4.69) is 0 Å². The topological polar surface area (TPSA) is 18.5 Å². The van der Waals surface area contributed by atoms with Gasteiger partial charge in [-0.1, -0.05) is 19.6 Å². The van der Waals surface area contributed by atoms with Gasteiger partial charge >= 0.3 is 0 Å². The van der Waals surface area contributed by atoms with E-state index in [1.54, 1.807) is 0 Å². The van der Waals surface area contributed by atoms with Crippen LogP contribution in [0, 0.1) is 0 Å². The van der Waals surface area contributed by atoms with Crippen LogP contribution < -0.4 is 0 Å². The van der Waals surface area contributed by atoms with Crippen molar-refractivity contribution in [3.63, 3.8) is 0 Å². The van der Waals surface area contributed by atoms with Crippen LogP contribution in [0.4, 0.5) is 0 Å². The molecule has 1 atom stereocenters. The lowest BCUT2D eigenvalue weighted by atomic mass is 10.5. The second-order valence-corrected chi connectivity index (χ2v) is 2.14. The molecule has 0 aromatic carbocycles. The first kappa shape index (κ1) is 9.27. The Labute approximate surface area is 61.9 Å². The molecule has 1 radical (unpaired) electrons. The quantitative estimate of drug-likeness (QED) is 0.439. The van der Waals surface area contributed by atoms with Crippen molar-refractivity contribution in [2.24, 2.45) is 0 Å². The molecule has 0 saturated heterocycles. The number of rotatable bonds is 5. The van der Waals surface area contributed by atoms with Gasteiger partial charge in [0.1, 0.15) is 12.2 Å². The Morgan fingerprint density at radius 2 is 2.11 bits per heavy atom. The van der Waals surface area contributed by atoms with Crippen LogP contribution >= 0.6 is 12.6 Å². The molecule has 2 nitrogen and oxygen atoms in total. The molecule has 0 bridgehead atoms. The normalized spacial score (nSPS) is 13.7. The van der Waals surface area contributed by atoms with E-state index >= 15 is 0 Å². The summed E-state index contributed by atoms with van der Waals surface area (Å²) in [6.45, 7) is 4.93. The Bertz CT molecular complexity index is 59.0. The van der Waals surface area contributed by atoms with Crippen molar-refractivity contribution >= 4 is 12.6 Å². The molecule has 0 fully saturated rings. The molecule has 1 unspecified atom stereocenters. The van der Waals surface area contributed by atoms with Gasteiger partial charge in [0.2, 0.25) is 0 Å². The van der Waals surface area contributed by atoms with E-state index in [1.165, 1.54) is 0 Å². The van der Waals surface area contributed by atoms with E-state index < -0.39 is 0 Å². The summed E-state index contributed by atoms with van der Waals surface area (Å²) in [7, 11) is 0. The molecule has 0 N–H and O–H groups in total. The van der Waals surface area contributed by atoms with Crippen LogP contribution in [0.5, 0.6) is 0 Å². The Morgan fingerprint density at radius 1 is 1.44 bits per heavy atom. The maximum Gasteiger partial charge on any atom is 0.148 e. The summed E-state index contributed by atoms with van der Waals surface area (Å²) in [6, 6.07) is 0. The Kier molecular flexibility index (Phi) is 6.58. The Morgan fingerprint density at radius 3 is 2.56 bits per heavy atom. The Hall–Kier alpha value is 0.270. The number of hydrogen-bond acceptors (Lipinski definition) is 2. The van der Waals surface area contributed by atoms with Crippen LogP contribution in [-0.4, -0.2) is 18.8 Å². The van der Waals surface area contributed by atoms with Gasteiger partial charge < -0.3 is 9.47 Å². The van der Waals surface area contributed by atoms with Gasteiger partial charge in [0.15, 0.2) is 0 Å². The van der Waals surface area contributed by atoms with Crippen LogP contribution in [0.1, 0.15) is 20.3 Å². The first-order chi connectivity index (χ1) is 4.31. The monoisotopic (exact) mass is 149 g/mol. The van der Waals surface area contributed by atoms with Crippen LogP contribution in [0.25, 0.3) is 0 Å². The third-order valence-electron chi connectivity index (χ3n) is 0.875. The van der Waals surface area contributed by atoms with Crippen molar-refractivity contribution in [3.05, 3.63) is 0 Å². The van der Waals surface area contributed by atoms with Crippen LogP contribution in [0.15, 0.2) is 0 Å². The summed E-state index contributed by atoms with van der Waals surface area (Å²) in [5.41, 5.74) is -0.0865. The average molecular weight is 149 g/mol. The molecule has 0 aromatic rings. The zero-order valence-corrected chi connectivity index (χ0v) is 6.74. The van der Waals surface area contributed by atoms with Crippen molar-refractivity contribution in [1.82, 2.24) is 0 Å². The lowest BCUT2D eigenvalue weighted by Gasteiger charge is -2.07. The zero-order chi connectivity index (χ0) is 7.11. The molecule has 0 aliphatic carbocycles. The van der Waals surface area contributed by atoms with Gasteiger partial charge in [-0.05, 0) is 13.3 Å². The number of ether oxygens (including phenoxy) is 2. The highest BCUT2D eigenvalue weighted by molar-refractivity contribution is 7.80. The van der Waals surface area contributed by atoms with Crippen LogP contribution in [0.3, 0.4) is 0 Å². The molecule has 9 heavy (non-hydrogen) atoms. The summed E-state index contributed by atoms with van der Waals surface area (Å²) in [4.78, 5) is 0. The molecule has 0 saturated carbocycles. The van der Waals surface area contributed by atoms with Gasteiger partial charge in [0.25, 0.3) is 0 Å². The second-order valence-electron chi connectivity index (χ2n) is 1.62.